The van der Waals surface area contributed by atoms with E-state index in [9.17, 15) is 19.2 Å². The molecule has 5 fully saturated rings. The molecule has 2 aromatic carbocycles. The van der Waals surface area contributed by atoms with E-state index in [1.54, 1.807) is 0 Å². The molecule has 11 rings (SSSR count). The fraction of sp³-hybridized carbons (Fsp3) is 0.429. The maximum absolute atomic E-state index is 15.8. The SMILES string of the molecule is CCOC(=O)C12N3CN4C(=O)N5Cn6c(=O)c7ccccc7c(=O)n6CN6C(=O)N(CN1C(=O)N1Cn7c(=O)c8ccccc8c(=O)n7CN(C3=O)C12C(=O)OCC)C4(C(=O)OCC)C56C(=O)OCC. The van der Waals surface area contributed by atoms with Crippen LogP contribution in [0.15, 0.2) is 67.7 Å². The van der Waals surface area contributed by atoms with E-state index < -0.39 is 159 Å². The van der Waals surface area contributed by atoms with Gasteiger partial charge in [-0.3, -0.25) is 58.4 Å². The summed E-state index contributed by atoms with van der Waals surface area (Å²) in [5.41, 5.74) is -16.0. The van der Waals surface area contributed by atoms with Crippen LogP contribution in [-0.4, -0.2) is 168 Å². The first-order valence-electron chi connectivity index (χ1n) is 22.1. The van der Waals surface area contributed by atoms with E-state index in [0.717, 1.165) is 18.7 Å². The number of rotatable bonds is 8. The molecule has 28 heteroatoms. The Morgan fingerprint density at radius 1 is 0.357 bits per heavy atom. The Kier molecular flexibility index (Phi) is 9.02. The normalized spacial score (nSPS) is 25.9. The van der Waals surface area contributed by atoms with E-state index in [1.807, 2.05) is 0 Å². The van der Waals surface area contributed by atoms with E-state index in [2.05, 4.69) is 0 Å². The van der Waals surface area contributed by atoms with Gasteiger partial charge in [0.25, 0.3) is 44.9 Å². The van der Waals surface area contributed by atoms with Gasteiger partial charge >= 0.3 is 48.0 Å². The maximum Gasteiger partial charge on any atom is 0.359 e. The van der Waals surface area contributed by atoms with Gasteiger partial charge in [0.2, 0.25) is 0 Å². The van der Waals surface area contributed by atoms with Crippen LogP contribution in [0, 0.1) is 0 Å². The average molecular weight is 969 g/mol. The third kappa shape index (κ3) is 4.51. The second-order valence-corrected chi connectivity index (χ2v) is 16.9. The summed E-state index contributed by atoms with van der Waals surface area (Å²) < 4.78 is 25.7. The molecule has 0 atom stereocenters. The topological polar surface area (TPSA) is 287 Å². The molecule has 7 aliphatic rings. The van der Waals surface area contributed by atoms with Crippen LogP contribution in [0.1, 0.15) is 27.7 Å². The van der Waals surface area contributed by atoms with Gasteiger partial charge < -0.3 is 18.9 Å². The minimum Gasteiger partial charge on any atom is -0.463 e. The number of aromatic nitrogens is 4. The van der Waals surface area contributed by atoms with Crippen molar-refractivity contribution in [1.29, 1.82) is 0 Å². The van der Waals surface area contributed by atoms with Crippen molar-refractivity contribution in [3.8, 4) is 0 Å². The number of benzene rings is 2. The van der Waals surface area contributed by atoms with E-state index in [0.29, 0.717) is 39.2 Å². The third-order valence-electron chi connectivity index (χ3n) is 14.1. The monoisotopic (exact) mass is 968 g/mol. The van der Waals surface area contributed by atoms with Crippen molar-refractivity contribution < 1.29 is 57.3 Å². The van der Waals surface area contributed by atoms with Crippen molar-refractivity contribution in [2.24, 2.45) is 0 Å². The molecule has 2 aromatic heterocycles. The van der Waals surface area contributed by atoms with Gasteiger partial charge in [0.15, 0.2) is 0 Å². The molecule has 0 saturated carbocycles. The molecule has 7 aliphatic heterocycles. The van der Waals surface area contributed by atoms with Crippen LogP contribution in [0.4, 0.5) is 19.2 Å². The third-order valence-corrected chi connectivity index (χ3v) is 14.1. The van der Waals surface area contributed by atoms with Crippen LogP contribution in [0.5, 0.6) is 0 Å². The molecular formula is C42H40N12O16. The van der Waals surface area contributed by atoms with Crippen molar-refractivity contribution in [2.45, 2.75) is 77.0 Å². The summed E-state index contributed by atoms with van der Waals surface area (Å²) in [5.74, 6) is -5.96. The lowest BCUT2D eigenvalue weighted by molar-refractivity contribution is -0.210. The molecule has 28 nitrogen and oxygen atoms in total. The molecule has 0 aliphatic carbocycles. The van der Waals surface area contributed by atoms with Gasteiger partial charge in [0.1, 0.15) is 40.0 Å². The number of hydrogen-bond donors (Lipinski definition) is 0. The van der Waals surface area contributed by atoms with Crippen LogP contribution in [0.3, 0.4) is 0 Å². The minimum absolute atomic E-state index is 0.113. The van der Waals surface area contributed by atoms with Crippen LogP contribution < -0.4 is 22.2 Å². The Hall–Kier alpha value is -8.72. The Labute approximate surface area is 390 Å². The predicted molar refractivity (Wildman–Crippen MR) is 228 cm³/mol. The zero-order valence-electron chi connectivity index (χ0n) is 37.6. The van der Waals surface area contributed by atoms with Crippen molar-refractivity contribution >= 4 is 69.5 Å². The van der Waals surface area contributed by atoms with Gasteiger partial charge in [-0.15, -0.1) is 0 Å². The predicted octanol–water partition coefficient (Wildman–Crippen LogP) is -1.89. The first-order valence-corrected chi connectivity index (χ1v) is 22.1. The number of carbonyl (C=O) groups excluding carboxylic acids is 8. The summed E-state index contributed by atoms with van der Waals surface area (Å²) in [6.45, 7) is -3.25. The Morgan fingerprint density at radius 2 is 0.543 bits per heavy atom. The summed E-state index contributed by atoms with van der Waals surface area (Å²) in [5, 5.41) is -0.454. The highest BCUT2D eigenvalue weighted by molar-refractivity contribution is 6.12. The van der Waals surface area contributed by atoms with Gasteiger partial charge in [0.05, 0.1) is 48.0 Å². The number of fused-ring (bicyclic) bond motifs is 4. The summed E-state index contributed by atoms with van der Waals surface area (Å²) in [4.78, 5) is 187. The highest BCUT2D eigenvalue weighted by atomic mass is 16.6. The molecule has 8 amide bonds. The number of esters is 4. The van der Waals surface area contributed by atoms with Crippen molar-refractivity contribution in [2.75, 3.05) is 39.8 Å². The Balaban J connectivity index is 1.24. The number of nitrogens with zero attached hydrogens (tertiary/aromatic N) is 12. The fourth-order valence-electron chi connectivity index (χ4n) is 11.5. The number of amides is 8. The number of ether oxygens (including phenoxy) is 4. The van der Waals surface area contributed by atoms with Crippen molar-refractivity contribution in [3.63, 3.8) is 0 Å². The molecule has 364 valence electrons. The van der Waals surface area contributed by atoms with E-state index in [1.165, 1.54) is 76.2 Å². The van der Waals surface area contributed by atoms with Crippen LogP contribution in [0.2, 0.25) is 0 Å². The average Bonchev–Trinajstić information content (AvgIpc) is 3.71. The van der Waals surface area contributed by atoms with Gasteiger partial charge in [-0.25, -0.2) is 57.1 Å². The van der Waals surface area contributed by atoms with Crippen molar-refractivity contribution in [3.05, 3.63) is 89.9 Å². The zero-order valence-corrected chi connectivity index (χ0v) is 37.6. The number of hydrogen-bond acceptors (Lipinski definition) is 16. The molecule has 0 N–H and O–H groups in total. The highest BCUT2D eigenvalue weighted by Crippen LogP contribution is 2.60. The first-order chi connectivity index (χ1) is 33.6. The lowest BCUT2D eigenvalue weighted by Crippen LogP contribution is -2.81. The molecule has 0 unspecified atom stereocenters. The van der Waals surface area contributed by atoms with Gasteiger partial charge in [-0.05, 0) is 52.0 Å². The standard InChI is InChI=1S/C42H40N12O16/c1-5-67-31(59)39-41(33(61)69-7-3)47-19-51-27(55)23-13-9-10-14-24(23)28(56)52(51)20-48(41)36(64)44(39)18-46-38(66)50-22-54-30(58)26-16-12-11-15-25(26)29(57)53(54)21-49-37(65)45(17-43(39)35(47)63)40(46,32(60)68-6-2)42(49,50)34(62)70-8-4/h9-16H,5-8,17-22H2,1-4H3. The maximum atomic E-state index is 15.8. The highest BCUT2D eigenvalue weighted by Gasteiger charge is 2.93. The molecule has 9 heterocycles. The second-order valence-electron chi connectivity index (χ2n) is 16.9. The fourth-order valence-corrected chi connectivity index (χ4v) is 11.5. The molecule has 5 saturated heterocycles. The van der Waals surface area contributed by atoms with Gasteiger partial charge in [-0.2, -0.15) is 0 Å². The largest absolute Gasteiger partial charge is 0.463 e. The van der Waals surface area contributed by atoms with Gasteiger partial charge in [-0.1, -0.05) is 24.3 Å². The van der Waals surface area contributed by atoms with Crippen LogP contribution in [-0.2, 0) is 64.8 Å². The van der Waals surface area contributed by atoms with E-state index >= 15 is 38.4 Å². The molecule has 70 heavy (non-hydrogen) atoms. The lowest BCUT2D eigenvalue weighted by Gasteiger charge is -2.51. The number of urea groups is 4. The molecule has 0 radical (unpaired) electrons. The van der Waals surface area contributed by atoms with Crippen LogP contribution in [0.25, 0.3) is 21.5 Å². The Morgan fingerprint density at radius 3 is 0.729 bits per heavy atom. The van der Waals surface area contributed by atoms with Crippen molar-refractivity contribution in [1.82, 2.24) is 57.9 Å². The van der Waals surface area contributed by atoms with E-state index in [4.69, 9.17) is 18.9 Å². The zero-order chi connectivity index (χ0) is 49.7. The van der Waals surface area contributed by atoms with Crippen LogP contribution >= 0.6 is 0 Å². The van der Waals surface area contributed by atoms with E-state index in [-0.39, 0.29) is 21.5 Å². The summed E-state index contributed by atoms with van der Waals surface area (Å²) in [7, 11) is 0. The molecular weight excluding hydrogens is 929 g/mol. The quantitative estimate of drug-likeness (QED) is 0.138. The summed E-state index contributed by atoms with van der Waals surface area (Å²) >= 11 is 0. The minimum atomic E-state index is -3.19. The summed E-state index contributed by atoms with van der Waals surface area (Å²) in [6, 6.07) is 5.75. The molecule has 4 aromatic rings. The number of carbonyl (C=O) groups is 8. The second kappa shape index (κ2) is 14.4. The summed E-state index contributed by atoms with van der Waals surface area (Å²) in [6.07, 6.45) is 0. The first kappa shape index (κ1) is 43.8. The smallest absolute Gasteiger partial charge is 0.359 e. The lowest BCUT2D eigenvalue weighted by atomic mass is 9.88. The Bertz CT molecular complexity index is 3010. The molecule has 0 bridgehead atoms. The molecule has 0 spiro atoms. The van der Waals surface area contributed by atoms with Gasteiger partial charge in [0, 0.05) is 0 Å².